The molecule has 0 bridgehead atoms. The normalized spacial score (nSPS) is 18.7. The van der Waals surface area contributed by atoms with Gasteiger partial charge in [-0.1, -0.05) is 121 Å². The number of aliphatic hydroxyl groups is 1. The second-order valence-corrected chi connectivity index (χ2v) is 13.1. The zero-order chi connectivity index (χ0) is 34.0. The molecule has 2 aliphatic heterocycles. The molecule has 1 fully saturated rings. The number of hydrogen-bond donors (Lipinski definition) is 1. The minimum absolute atomic E-state index is 0.0481. The van der Waals surface area contributed by atoms with Gasteiger partial charge in [0.2, 0.25) is 0 Å². The molecule has 3 atom stereocenters. The molecule has 50 heavy (non-hydrogen) atoms. The van der Waals surface area contributed by atoms with Gasteiger partial charge < -0.3 is 19.0 Å². The van der Waals surface area contributed by atoms with E-state index in [0.717, 1.165) is 27.9 Å². The Morgan fingerprint density at radius 2 is 1.38 bits per heavy atom. The number of anilines is 1. The summed E-state index contributed by atoms with van der Waals surface area (Å²) in [6, 6.07) is 41.7. The monoisotopic (exact) mass is 680 g/mol. The summed E-state index contributed by atoms with van der Waals surface area (Å²) in [4.78, 5) is 32.7. The van der Waals surface area contributed by atoms with Gasteiger partial charge in [0.05, 0.1) is 35.6 Å². The number of aliphatic hydroxyl groups excluding tert-OH is 1. The van der Waals surface area contributed by atoms with Crippen molar-refractivity contribution in [3.05, 3.63) is 161 Å². The van der Waals surface area contributed by atoms with Gasteiger partial charge in [0.25, 0.3) is 17.0 Å². The van der Waals surface area contributed by atoms with Crippen LogP contribution in [-0.4, -0.2) is 33.8 Å². The van der Waals surface area contributed by atoms with Gasteiger partial charge in [-0.2, -0.15) is 0 Å². The van der Waals surface area contributed by atoms with E-state index in [1.165, 1.54) is 16.7 Å². The number of carbonyl (C=O) groups excluding carboxylic acids is 2. The maximum absolute atomic E-state index is 13.3. The second-order valence-electron chi connectivity index (χ2n) is 12.1. The molecule has 5 aromatic carbocycles. The molecule has 1 saturated heterocycles. The van der Waals surface area contributed by atoms with E-state index in [1.54, 1.807) is 42.5 Å². The Morgan fingerprint density at radius 1 is 0.720 bits per heavy atom. The van der Waals surface area contributed by atoms with Crippen molar-refractivity contribution < 1.29 is 28.6 Å². The summed E-state index contributed by atoms with van der Waals surface area (Å²) in [5.74, 6) is 0.517. The highest BCUT2D eigenvalue weighted by molar-refractivity contribution is 7.99. The van der Waals surface area contributed by atoms with E-state index in [9.17, 15) is 14.7 Å². The van der Waals surface area contributed by atoms with E-state index < -0.39 is 6.29 Å². The van der Waals surface area contributed by atoms with Crippen molar-refractivity contribution in [2.45, 2.75) is 36.7 Å². The summed E-state index contributed by atoms with van der Waals surface area (Å²) in [6.45, 7) is -0.0481. The second kappa shape index (κ2) is 13.9. The Balaban J connectivity index is 1.07. The average Bonchev–Trinajstić information content (AvgIpc) is 3.73. The molecule has 3 unspecified atom stereocenters. The molecular weight excluding hydrogens is 649 g/mol. The van der Waals surface area contributed by atoms with Gasteiger partial charge in [0.15, 0.2) is 12.1 Å². The summed E-state index contributed by atoms with van der Waals surface area (Å²) in [6.07, 6.45) is -0.801. The van der Waals surface area contributed by atoms with Gasteiger partial charge in [-0.05, 0) is 35.4 Å². The van der Waals surface area contributed by atoms with Crippen LogP contribution >= 0.6 is 11.8 Å². The number of thioether (sulfide) groups is 1. The number of rotatable bonds is 9. The highest BCUT2D eigenvalue weighted by atomic mass is 32.2. The van der Waals surface area contributed by atoms with E-state index in [0.29, 0.717) is 45.5 Å². The quantitative estimate of drug-likeness (QED) is 0.120. The number of oxazole rings is 1. The van der Waals surface area contributed by atoms with Crippen molar-refractivity contribution in [1.82, 2.24) is 4.98 Å². The number of hydrogen-bond acceptors (Lipinski definition) is 8. The summed E-state index contributed by atoms with van der Waals surface area (Å²) in [5.41, 5.74) is 6.34. The molecule has 2 amide bonds. The van der Waals surface area contributed by atoms with Crippen molar-refractivity contribution >= 4 is 29.3 Å². The van der Waals surface area contributed by atoms with Gasteiger partial charge in [-0.15, -0.1) is 0 Å². The Kier molecular flexibility index (Phi) is 8.87. The van der Waals surface area contributed by atoms with E-state index in [4.69, 9.17) is 18.9 Å². The molecule has 1 aromatic heterocycles. The fourth-order valence-corrected chi connectivity index (χ4v) is 7.20. The summed E-state index contributed by atoms with van der Waals surface area (Å²) in [5, 5.41) is 10.1. The number of amides is 2. The van der Waals surface area contributed by atoms with Gasteiger partial charge in [0, 0.05) is 28.9 Å². The van der Waals surface area contributed by atoms with Crippen LogP contribution in [0.1, 0.15) is 56.2 Å². The maximum Gasteiger partial charge on any atom is 0.266 e. The maximum atomic E-state index is 13.3. The lowest BCUT2D eigenvalue weighted by atomic mass is 10.0. The lowest BCUT2D eigenvalue weighted by Crippen LogP contribution is -2.32. The van der Waals surface area contributed by atoms with Crippen molar-refractivity contribution in [3.63, 3.8) is 0 Å². The molecule has 8 nitrogen and oxygen atoms in total. The van der Waals surface area contributed by atoms with Crippen LogP contribution in [0.5, 0.6) is 0 Å². The number of carbonyl (C=O) groups is 2. The predicted octanol–water partition coefficient (Wildman–Crippen LogP) is 8.64. The number of aromatic nitrogens is 1. The summed E-state index contributed by atoms with van der Waals surface area (Å²) < 4.78 is 19.5. The van der Waals surface area contributed by atoms with Crippen LogP contribution in [0.2, 0.25) is 0 Å². The molecule has 9 heteroatoms. The Morgan fingerprint density at radius 3 is 2.06 bits per heavy atom. The zero-order valence-corrected chi connectivity index (χ0v) is 27.7. The lowest BCUT2D eigenvalue weighted by molar-refractivity contribution is -0.245. The third-order valence-corrected chi connectivity index (χ3v) is 9.85. The van der Waals surface area contributed by atoms with Gasteiger partial charge >= 0.3 is 0 Å². The third-order valence-electron chi connectivity index (χ3n) is 8.89. The zero-order valence-electron chi connectivity index (χ0n) is 26.8. The molecule has 8 rings (SSSR count). The number of imide groups is 1. The highest BCUT2D eigenvalue weighted by Crippen LogP contribution is 2.42. The molecular formula is C41H32N2O6S. The standard InChI is InChI=1S/C41H32N2O6S/c44-24-26-18-20-27(21-19-26)35-23-32(25-50-41-42-36(28-10-3-1-4-11-28)37(49-41)29-12-5-2-6-13-29)47-40(48-35)30-14-9-15-31(22-30)43-38(45)33-16-7-8-17-34(33)39(43)46/h1-22,32,35,40,44H,23-25H2. The Labute approximate surface area is 293 Å². The topological polar surface area (TPSA) is 102 Å². The van der Waals surface area contributed by atoms with Crippen LogP contribution in [0, 0.1) is 0 Å². The Hall–Kier alpha value is -5.32. The minimum Gasteiger partial charge on any atom is -0.431 e. The van der Waals surface area contributed by atoms with Crippen LogP contribution in [0.4, 0.5) is 5.69 Å². The number of nitrogens with zero attached hydrogens (tertiary/aromatic N) is 2. The molecule has 2 aliphatic rings. The molecule has 0 spiro atoms. The van der Waals surface area contributed by atoms with Crippen LogP contribution in [-0.2, 0) is 16.1 Å². The molecule has 0 aliphatic carbocycles. The number of ether oxygens (including phenoxy) is 2. The third kappa shape index (κ3) is 6.28. The summed E-state index contributed by atoms with van der Waals surface area (Å²) in [7, 11) is 0. The Bertz CT molecular complexity index is 2060. The van der Waals surface area contributed by atoms with Crippen molar-refractivity contribution in [2.75, 3.05) is 10.7 Å². The molecule has 248 valence electrons. The first kappa shape index (κ1) is 31.9. The summed E-state index contributed by atoms with van der Waals surface area (Å²) >= 11 is 1.48. The van der Waals surface area contributed by atoms with Crippen molar-refractivity contribution in [1.29, 1.82) is 0 Å². The fraction of sp³-hybridized carbons (Fsp3) is 0.146. The van der Waals surface area contributed by atoms with E-state index in [2.05, 4.69) is 0 Å². The molecule has 3 heterocycles. The predicted molar refractivity (Wildman–Crippen MR) is 191 cm³/mol. The SMILES string of the molecule is O=C1c2ccccc2C(=O)N1c1cccc(C2OC(CSc3nc(-c4ccccc4)c(-c4ccccc4)o3)CC(c3ccc(CO)cc3)O2)c1. The minimum atomic E-state index is -0.781. The number of fused-ring (bicyclic) bond motifs is 1. The van der Waals surface area contributed by atoms with Gasteiger partial charge in [0.1, 0.15) is 5.69 Å². The van der Waals surface area contributed by atoms with E-state index >= 15 is 0 Å². The van der Waals surface area contributed by atoms with Crippen LogP contribution in [0.15, 0.2) is 143 Å². The van der Waals surface area contributed by atoms with Gasteiger partial charge in [-0.3, -0.25) is 9.59 Å². The van der Waals surface area contributed by atoms with Crippen LogP contribution in [0.3, 0.4) is 0 Å². The molecule has 0 saturated carbocycles. The van der Waals surface area contributed by atoms with Gasteiger partial charge in [-0.25, -0.2) is 9.88 Å². The smallest absolute Gasteiger partial charge is 0.266 e. The van der Waals surface area contributed by atoms with Crippen LogP contribution < -0.4 is 4.90 Å². The van der Waals surface area contributed by atoms with Crippen molar-refractivity contribution in [3.8, 4) is 22.6 Å². The molecule has 6 aromatic rings. The molecule has 1 N–H and O–H groups in total. The van der Waals surface area contributed by atoms with Crippen LogP contribution in [0.25, 0.3) is 22.6 Å². The van der Waals surface area contributed by atoms with E-state index in [1.807, 2.05) is 91.0 Å². The first-order chi connectivity index (χ1) is 24.6. The highest BCUT2D eigenvalue weighted by Gasteiger charge is 2.38. The van der Waals surface area contributed by atoms with Crippen molar-refractivity contribution in [2.24, 2.45) is 0 Å². The average molecular weight is 681 g/mol. The fourth-order valence-electron chi connectivity index (χ4n) is 6.36. The first-order valence-corrected chi connectivity index (χ1v) is 17.4. The van der Waals surface area contributed by atoms with E-state index in [-0.39, 0.29) is 30.6 Å². The molecule has 0 radical (unpaired) electrons. The first-order valence-electron chi connectivity index (χ1n) is 16.4. The lowest BCUT2D eigenvalue weighted by Gasteiger charge is -2.36. The number of benzene rings is 5. The largest absolute Gasteiger partial charge is 0.431 e.